The molecule has 0 atom stereocenters. The van der Waals surface area contributed by atoms with E-state index in [1.165, 1.54) is 12.1 Å². The van der Waals surface area contributed by atoms with E-state index in [1.807, 2.05) is 0 Å². The highest BCUT2D eigenvalue weighted by atomic mass is 79.9. The van der Waals surface area contributed by atoms with Crippen LogP contribution in [0.1, 0.15) is 30.1 Å². The summed E-state index contributed by atoms with van der Waals surface area (Å²) in [6.45, 7) is 3.79. The minimum atomic E-state index is -3.75. The molecule has 0 bridgehead atoms. The molecule has 26 heavy (non-hydrogen) atoms. The molecular formula is C17H19BrN2O4S2. The first kappa shape index (κ1) is 19.2. The van der Waals surface area contributed by atoms with Crippen molar-refractivity contribution in [3.05, 3.63) is 39.7 Å². The zero-order chi connectivity index (χ0) is 18.9. The molecule has 0 spiro atoms. The molecule has 140 valence electrons. The second-order valence-corrected chi connectivity index (χ2v) is 10.7. The van der Waals surface area contributed by atoms with Crippen molar-refractivity contribution >= 4 is 54.6 Å². The van der Waals surface area contributed by atoms with Crippen molar-refractivity contribution in [1.82, 2.24) is 0 Å². The molecule has 2 aromatic rings. The van der Waals surface area contributed by atoms with Gasteiger partial charge in [-0.3, -0.25) is 4.72 Å². The number of aromatic carboxylic acids is 1. The van der Waals surface area contributed by atoms with Gasteiger partial charge >= 0.3 is 5.97 Å². The van der Waals surface area contributed by atoms with Crippen molar-refractivity contribution in [3.63, 3.8) is 0 Å². The molecule has 0 saturated carbocycles. The minimum absolute atomic E-state index is 0.104. The molecule has 1 fully saturated rings. The highest BCUT2D eigenvalue weighted by molar-refractivity contribution is 9.11. The van der Waals surface area contributed by atoms with E-state index in [2.05, 4.69) is 32.5 Å². The summed E-state index contributed by atoms with van der Waals surface area (Å²) in [4.78, 5) is 13.8. The van der Waals surface area contributed by atoms with Crippen LogP contribution in [0.15, 0.2) is 38.3 Å². The number of carbonyl (C=O) groups is 1. The van der Waals surface area contributed by atoms with Crippen molar-refractivity contribution in [2.24, 2.45) is 5.92 Å². The van der Waals surface area contributed by atoms with Gasteiger partial charge in [-0.05, 0) is 65.0 Å². The Balaban J connectivity index is 1.88. The zero-order valence-corrected chi connectivity index (χ0v) is 17.3. The van der Waals surface area contributed by atoms with Crippen LogP contribution in [0.4, 0.5) is 11.4 Å². The first-order chi connectivity index (χ1) is 12.3. The fourth-order valence-corrected chi connectivity index (χ4v) is 6.00. The summed E-state index contributed by atoms with van der Waals surface area (Å²) >= 11 is 4.33. The zero-order valence-electron chi connectivity index (χ0n) is 14.1. The van der Waals surface area contributed by atoms with Crippen molar-refractivity contribution < 1.29 is 18.3 Å². The molecule has 1 aliphatic rings. The Morgan fingerprint density at radius 1 is 1.27 bits per heavy atom. The number of hydrogen-bond donors (Lipinski definition) is 2. The number of thiophene rings is 1. The monoisotopic (exact) mass is 458 g/mol. The second kappa shape index (κ2) is 7.58. The Bertz CT molecular complexity index is 919. The van der Waals surface area contributed by atoms with Gasteiger partial charge in [-0.1, -0.05) is 6.92 Å². The van der Waals surface area contributed by atoms with Crippen LogP contribution in [0.5, 0.6) is 0 Å². The molecule has 3 rings (SSSR count). The van der Waals surface area contributed by atoms with Gasteiger partial charge in [0.05, 0.1) is 15.0 Å². The predicted octanol–water partition coefficient (Wildman–Crippen LogP) is 4.25. The van der Waals surface area contributed by atoms with E-state index in [-0.39, 0.29) is 15.5 Å². The molecule has 0 unspecified atom stereocenters. The maximum atomic E-state index is 12.4. The fraction of sp³-hybridized carbons (Fsp3) is 0.353. The highest BCUT2D eigenvalue weighted by Gasteiger charge is 2.23. The molecule has 6 nitrogen and oxygen atoms in total. The maximum absolute atomic E-state index is 12.4. The van der Waals surface area contributed by atoms with Gasteiger partial charge in [-0.2, -0.15) is 0 Å². The third-order valence-corrected chi connectivity index (χ3v) is 7.91. The standard InChI is InChI=1S/C17H19BrN2O4S2/c1-11-6-8-20(9-7-11)14-3-2-12(10-13(14)17(21)22)19-26(23,24)16-5-4-15(18)25-16/h2-5,10-11,19H,6-9H2,1H3,(H,21,22). The van der Waals surface area contributed by atoms with Crippen LogP contribution in [0.25, 0.3) is 0 Å². The normalized spacial score (nSPS) is 15.8. The van der Waals surface area contributed by atoms with Gasteiger partial charge in [0, 0.05) is 18.8 Å². The molecule has 0 radical (unpaired) electrons. The van der Waals surface area contributed by atoms with Gasteiger partial charge in [-0.25, -0.2) is 13.2 Å². The van der Waals surface area contributed by atoms with Crippen LogP contribution in [0, 0.1) is 5.92 Å². The Kier molecular flexibility index (Phi) is 5.59. The minimum Gasteiger partial charge on any atom is -0.478 e. The average molecular weight is 459 g/mol. The molecule has 1 aromatic carbocycles. The molecule has 2 N–H and O–H groups in total. The van der Waals surface area contributed by atoms with Gasteiger partial charge in [0.1, 0.15) is 4.21 Å². The Labute approximate surface area is 165 Å². The molecular weight excluding hydrogens is 440 g/mol. The SMILES string of the molecule is CC1CCN(c2ccc(NS(=O)(=O)c3ccc(Br)s3)cc2C(=O)O)CC1. The smallest absolute Gasteiger partial charge is 0.337 e. The van der Waals surface area contributed by atoms with Crippen LogP contribution < -0.4 is 9.62 Å². The summed E-state index contributed by atoms with van der Waals surface area (Å²) in [6, 6.07) is 7.83. The van der Waals surface area contributed by atoms with E-state index in [9.17, 15) is 18.3 Å². The summed E-state index contributed by atoms with van der Waals surface area (Å²) in [5.74, 6) is -0.436. The number of halogens is 1. The lowest BCUT2D eigenvalue weighted by atomic mass is 9.98. The number of hydrogen-bond acceptors (Lipinski definition) is 5. The number of nitrogens with one attached hydrogen (secondary N) is 1. The van der Waals surface area contributed by atoms with Gasteiger partial charge < -0.3 is 10.0 Å². The van der Waals surface area contributed by atoms with Crippen LogP contribution in [-0.4, -0.2) is 32.6 Å². The van der Waals surface area contributed by atoms with Crippen LogP contribution in [0.2, 0.25) is 0 Å². The molecule has 9 heteroatoms. The largest absolute Gasteiger partial charge is 0.478 e. The van der Waals surface area contributed by atoms with Crippen molar-refractivity contribution in [1.29, 1.82) is 0 Å². The van der Waals surface area contributed by atoms with Gasteiger partial charge in [0.2, 0.25) is 0 Å². The number of piperidine rings is 1. The summed E-state index contributed by atoms with van der Waals surface area (Å²) in [6.07, 6.45) is 2.03. The lowest BCUT2D eigenvalue weighted by molar-refractivity contribution is 0.0697. The average Bonchev–Trinajstić information content (AvgIpc) is 3.03. The van der Waals surface area contributed by atoms with Crippen molar-refractivity contribution in [3.8, 4) is 0 Å². The number of nitrogens with zero attached hydrogens (tertiary/aromatic N) is 1. The summed E-state index contributed by atoms with van der Waals surface area (Å²) in [5.41, 5.74) is 0.972. The third kappa shape index (κ3) is 4.21. The number of anilines is 2. The first-order valence-electron chi connectivity index (χ1n) is 8.17. The summed E-state index contributed by atoms with van der Waals surface area (Å²) < 4.78 is 28.2. The topological polar surface area (TPSA) is 86.7 Å². The second-order valence-electron chi connectivity index (χ2n) is 6.37. The van der Waals surface area contributed by atoms with E-state index < -0.39 is 16.0 Å². The van der Waals surface area contributed by atoms with Crippen LogP contribution in [-0.2, 0) is 10.0 Å². The number of sulfonamides is 1. The van der Waals surface area contributed by atoms with E-state index in [0.717, 1.165) is 37.3 Å². The molecule has 2 heterocycles. The Hall–Kier alpha value is -1.58. The van der Waals surface area contributed by atoms with Gasteiger partial charge in [-0.15, -0.1) is 11.3 Å². The third-order valence-electron chi connectivity index (χ3n) is 4.42. The first-order valence-corrected chi connectivity index (χ1v) is 11.3. The van der Waals surface area contributed by atoms with Crippen LogP contribution >= 0.6 is 27.3 Å². The van der Waals surface area contributed by atoms with Crippen molar-refractivity contribution in [2.45, 2.75) is 24.0 Å². The van der Waals surface area contributed by atoms with E-state index >= 15 is 0 Å². The van der Waals surface area contributed by atoms with E-state index in [4.69, 9.17) is 0 Å². The molecule has 1 aliphatic heterocycles. The molecule has 0 aliphatic carbocycles. The van der Waals surface area contributed by atoms with E-state index in [0.29, 0.717) is 15.4 Å². The summed E-state index contributed by atoms with van der Waals surface area (Å²) in [5, 5.41) is 9.58. The lowest BCUT2D eigenvalue weighted by Crippen LogP contribution is -2.33. The number of benzene rings is 1. The number of rotatable bonds is 5. The molecule has 1 aromatic heterocycles. The quantitative estimate of drug-likeness (QED) is 0.699. The molecule has 1 saturated heterocycles. The van der Waals surface area contributed by atoms with Crippen LogP contribution in [0.3, 0.4) is 0 Å². The van der Waals surface area contributed by atoms with E-state index in [1.54, 1.807) is 18.2 Å². The molecule has 0 amide bonds. The van der Waals surface area contributed by atoms with Crippen molar-refractivity contribution in [2.75, 3.05) is 22.7 Å². The number of carboxylic acids is 1. The maximum Gasteiger partial charge on any atom is 0.337 e. The lowest BCUT2D eigenvalue weighted by Gasteiger charge is -2.33. The fourth-order valence-electron chi connectivity index (χ4n) is 2.94. The highest BCUT2D eigenvalue weighted by Crippen LogP contribution is 2.31. The predicted molar refractivity (Wildman–Crippen MR) is 107 cm³/mol. The Morgan fingerprint density at radius 3 is 2.54 bits per heavy atom. The summed E-state index contributed by atoms with van der Waals surface area (Å²) in [7, 11) is -3.75. The Morgan fingerprint density at radius 2 is 1.96 bits per heavy atom. The number of carboxylic acid groups (broad SMARTS) is 1. The van der Waals surface area contributed by atoms with Gasteiger partial charge in [0.25, 0.3) is 10.0 Å². The van der Waals surface area contributed by atoms with Gasteiger partial charge in [0.15, 0.2) is 0 Å².